The molecular weight excluding hydrogens is 248 g/mol. The van der Waals surface area contributed by atoms with Crippen molar-refractivity contribution >= 4 is 23.0 Å². The fourth-order valence-corrected chi connectivity index (χ4v) is 2.65. The van der Waals surface area contributed by atoms with E-state index in [4.69, 9.17) is 22.1 Å². The van der Waals surface area contributed by atoms with Crippen molar-refractivity contribution in [1.29, 1.82) is 0 Å². The van der Waals surface area contributed by atoms with Gasteiger partial charge >= 0.3 is 0 Å². The summed E-state index contributed by atoms with van der Waals surface area (Å²) in [7, 11) is 0. The smallest absolute Gasteiger partial charge is 0.0665 e. The Balaban J connectivity index is 2.03. The summed E-state index contributed by atoms with van der Waals surface area (Å²) < 4.78 is 5.72. The zero-order valence-electron chi connectivity index (χ0n) is 11.2. The van der Waals surface area contributed by atoms with Crippen LogP contribution in [-0.2, 0) is 4.74 Å². The molecule has 3 nitrogen and oxygen atoms in total. The highest BCUT2D eigenvalue weighted by Gasteiger charge is 2.48. The van der Waals surface area contributed by atoms with Crippen molar-refractivity contribution in [2.75, 3.05) is 17.7 Å². The van der Waals surface area contributed by atoms with E-state index >= 15 is 0 Å². The zero-order valence-corrected chi connectivity index (χ0v) is 11.9. The van der Waals surface area contributed by atoms with Gasteiger partial charge in [0.25, 0.3) is 0 Å². The molecule has 0 saturated heterocycles. The van der Waals surface area contributed by atoms with Gasteiger partial charge < -0.3 is 15.8 Å². The molecule has 0 radical (unpaired) electrons. The highest BCUT2D eigenvalue weighted by molar-refractivity contribution is 6.31. The number of nitrogens with one attached hydrogen (secondary N) is 1. The van der Waals surface area contributed by atoms with Crippen LogP contribution in [0.2, 0.25) is 5.02 Å². The molecule has 0 spiro atoms. The number of anilines is 2. The van der Waals surface area contributed by atoms with E-state index in [1.165, 1.54) is 0 Å². The minimum Gasteiger partial charge on any atom is -0.397 e. The van der Waals surface area contributed by atoms with Crippen LogP contribution >= 0.6 is 11.6 Å². The molecule has 0 heterocycles. The van der Waals surface area contributed by atoms with E-state index < -0.39 is 0 Å². The fourth-order valence-electron chi connectivity index (χ4n) is 2.47. The van der Waals surface area contributed by atoms with E-state index in [0.717, 1.165) is 18.7 Å². The Kier molecular flexibility index (Phi) is 3.74. The Morgan fingerprint density at radius 1 is 1.50 bits per heavy atom. The van der Waals surface area contributed by atoms with Crippen LogP contribution in [0, 0.1) is 5.41 Å². The largest absolute Gasteiger partial charge is 0.397 e. The minimum atomic E-state index is 0.127. The van der Waals surface area contributed by atoms with Crippen LogP contribution in [0.5, 0.6) is 0 Å². The molecule has 3 N–H and O–H groups in total. The number of hydrogen-bond acceptors (Lipinski definition) is 3. The van der Waals surface area contributed by atoms with Crippen molar-refractivity contribution in [2.24, 2.45) is 5.41 Å². The molecule has 1 aliphatic carbocycles. The number of ether oxygens (including phenoxy) is 1. The second-order valence-corrected chi connectivity index (χ2v) is 5.87. The lowest BCUT2D eigenvalue weighted by atomic mass is 9.64. The maximum atomic E-state index is 5.95. The Bertz CT molecular complexity index is 434. The maximum Gasteiger partial charge on any atom is 0.0665 e. The van der Waals surface area contributed by atoms with Gasteiger partial charge in [-0.3, -0.25) is 0 Å². The average Bonchev–Trinajstić information content (AvgIpc) is 2.30. The molecule has 2 atom stereocenters. The average molecular weight is 269 g/mol. The Labute approximate surface area is 114 Å². The summed E-state index contributed by atoms with van der Waals surface area (Å²) in [6, 6.07) is 5.95. The first-order valence-corrected chi connectivity index (χ1v) is 6.76. The van der Waals surface area contributed by atoms with Crippen molar-refractivity contribution in [3.8, 4) is 0 Å². The lowest BCUT2D eigenvalue weighted by Crippen LogP contribution is -2.58. The third kappa shape index (κ3) is 2.43. The van der Waals surface area contributed by atoms with Crippen molar-refractivity contribution in [1.82, 2.24) is 0 Å². The predicted octanol–water partition coefficient (Wildman–Crippen LogP) is 3.54. The zero-order chi connectivity index (χ0) is 13.3. The Hall–Kier alpha value is -0.930. The van der Waals surface area contributed by atoms with Crippen molar-refractivity contribution in [3.05, 3.63) is 23.2 Å². The number of nitrogen functional groups attached to an aromatic ring is 1. The van der Waals surface area contributed by atoms with E-state index in [-0.39, 0.29) is 5.41 Å². The third-order valence-electron chi connectivity index (χ3n) is 3.89. The molecule has 0 amide bonds. The quantitative estimate of drug-likeness (QED) is 0.821. The monoisotopic (exact) mass is 268 g/mol. The first kappa shape index (κ1) is 13.5. The molecule has 18 heavy (non-hydrogen) atoms. The van der Waals surface area contributed by atoms with Crippen LogP contribution in [0.3, 0.4) is 0 Å². The number of hydrogen-bond donors (Lipinski definition) is 2. The highest BCUT2D eigenvalue weighted by atomic mass is 35.5. The first-order chi connectivity index (χ1) is 8.45. The fraction of sp³-hybridized carbons (Fsp3) is 0.571. The molecular formula is C14H21ClN2O. The van der Waals surface area contributed by atoms with Gasteiger partial charge in [0.2, 0.25) is 0 Å². The molecule has 100 valence electrons. The minimum absolute atomic E-state index is 0.127. The van der Waals surface area contributed by atoms with Gasteiger partial charge in [-0.25, -0.2) is 0 Å². The SMILES string of the molecule is CCOC1CC(Nc2ccc(Cl)cc2N)C1(C)C. The predicted molar refractivity (Wildman–Crippen MR) is 77.1 cm³/mol. The number of halogens is 1. The summed E-state index contributed by atoms with van der Waals surface area (Å²) in [4.78, 5) is 0. The molecule has 1 aliphatic rings. The van der Waals surface area contributed by atoms with Crippen molar-refractivity contribution in [2.45, 2.75) is 39.3 Å². The van der Waals surface area contributed by atoms with Gasteiger partial charge in [-0.1, -0.05) is 25.4 Å². The summed E-state index contributed by atoms with van der Waals surface area (Å²) in [6.45, 7) is 7.25. The summed E-state index contributed by atoms with van der Waals surface area (Å²) in [5.74, 6) is 0. The van der Waals surface area contributed by atoms with Crippen molar-refractivity contribution < 1.29 is 4.74 Å². The molecule has 1 saturated carbocycles. The van der Waals surface area contributed by atoms with E-state index in [9.17, 15) is 0 Å². The van der Waals surface area contributed by atoms with Gasteiger partial charge in [-0.15, -0.1) is 0 Å². The van der Waals surface area contributed by atoms with Crippen LogP contribution in [0.15, 0.2) is 18.2 Å². The molecule has 4 heteroatoms. The lowest BCUT2D eigenvalue weighted by Gasteiger charge is -2.52. The van der Waals surface area contributed by atoms with Crippen LogP contribution in [-0.4, -0.2) is 18.8 Å². The molecule has 1 aromatic rings. The molecule has 1 fully saturated rings. The molecule has 0 aromatic heterocycles. The van der Waals surface area contributed by atoms with Gasteiger partial charge in [-0.2, -0.15) is 0 Å². The Morgan fingerprint density at radius 2 is 2.22 bits per heavy atom. The summed E-state index contributed by atoms with van der Waals surface area (Å²) in [5.41, 5.74) is 7.72. The normalized spacial score (nSPS) is 25.6. The molecule has 1 aromatic carbocycles. The summed E-state index contributed by atoms with van der Waals surface area (Å²) in [6.07, 6.45) is 1.34. The topological polar surface area (TPSA) is 47.3 Å². The Morgan fingerprint density at radius 3 is 2.78 bits per heavy atom. The molecule has 2 rings (SSSR count). The summed E-state index contributed by atoms with van der Waals surface area (Å²) in [5, 5.41) is 4.15. The van der Waals surface area contributed by atoms with Gasteiger partial charge in [0.05, 0.1) is 17.5 Å². The van der Waals surface area contributed by atoms with E-state index in [1.807, 2.05) is 19.1 Å². The maximum absolute atomic E-state index is 5.95. The second kappa shape index (κ2) is 4.98. The lowest BCUT2D eigenvalue weighted by molar-refractivity contribution is -0.0975. The van der Waals surface area contributed by atoms with Crippen LogP contribution in [0.25, 0.3) is 0 Å². The number of benzene rings is 1. The first-order valence-electron chi connectivity index (χ1n) is 6.38. The van der Waals surface area contributed by atoms with Gasteiger partial charge in [0.15, 0.2) is 0 Å². The molecule has 2 unspecified atom stereocenters. The van der Waals surface area contributed by atoms with Crippen LogP contribution < -0.4 is 11.1 Å². The molecule has 0 aliphatic heterocycles. The number of nitrogens with two attached hydrogens (primary N) is 1. The van der Waals surface area contributed by atoms with E-state index in [2.05, 4.69) is 19.2 Å². The van der Waals surface area contributed by atoms with E-state index in [0.29, 0.717) is 22.9 Å². The highest BCUT2D eigenvalue weighted by Crippen LogP contribution is 2.44. The van der Waals surface area contributed by atoms with Crippen molar-refractivity contribution in [3.63, 3.8) is 0 Å². The standard InChI is InChI=1S/C14H21ClN2O/c1-4-18-13-8-12(14(13,2)3)17-11-6-5-9(15)7-10(11)16/h5-7,12-13,17H,4,8,16H2,1-3H3. The van der Waals surface area contributed by atoms with Gasteiger partial charge in [-0.05, 0) is 31.5 Å². The third-order valence-corrected chi connectivity index (χ3v) is 4.12. The van der Waals surface area contributed by atoms with Crippen LogP contribution in [0.1, 0.15) is 27.2 Å². The number of rotatable bonds is 4. The van der Waals surface area contributed by atoms with Crippen LogP contribution in [0.4, 0.5) is 11.4 Å². The van der Waals surface area contributed by atoms with Gasteiger partial charge in [0.1, 0.15) is 0 Å². The summed E-state index contributed by atoms with van der Waals surface area (Å²) >= 11 is 5.89. The molecule has 0 bridgehead atoms. The van der Waals surface area contributed by atoms with E-state index in [1.54, 1.807) is 6.07 Å². The second-order valence-electron chi connectivity index (χ2n) is 5.43. The van der Waals surface area contributed by atoms with Gasteiger partial charge in [0, 0.05) is 23.1 Å².